The summed E-state index contributed by atoms with van der Waals surface area (Å²) >= 11 is 12.6. The van der Waals surface area contributed by atoms with E-state index in [1.54, 1.807) is 32.0 Å². The zero-order valence-electron chi connectivity index (χ0n) is 17.1. The van der Waals surface area contributed by atoms with E-state index < -0.39 is 30.6 Å². The fraction of sp³-hybridized carbons (Fsp3) is 0.381. The van der Waals surface area contributed by atoms with E-state index in [9.17, 15) is 14.4 Å². The van der Waals surface area contributed by atoms with Gasteiger partial charge in [0.2, 0.25) is 6.79 Å². The van der Waals surface area contributed by atoms with Crippen molar-refractivity contribution in [3.8, 4) is 0 Å². The smallest absolute Gasteiger partial charge is 0.339 e. The fourth-order valence-electron chi connectivity index (χ4n) is 3.20. The first-order valence-corrected chi connectivity index (χ1v) is 10.0. The van der Waals surface area contributed by atoms with Crippen LogP contribution >= 0.6 is 23.2 Å². The van der Waals surface area contributed by atoms with E-state index in [1.807, 2.05) is 6.92 Å². The molecule has 9 heteroatoms. The lowest BCUT2D eigenvalue weighted by atomic mass is 9.80. The van der Waals surface area contributed by atoms with Crippen LogP contribution in [0, 0.1) is 0 Å². The standard InChI is InChI=1S/C21H23Cl2NO6/c1-5-7-15(25)29-10-30-21(27)17-12(3)24-11(2)16(20(26)28-4)18(17)13-8-6-9-14(22)19(13)23/h6,8-9,18,24H,5,7,10H2,1-4H3/t18-/m1/s1. The maximum absolute atomic E-state index is 12.9. The van der Waals surface area contributed by atoms with Gasteiger partial charge in [-0.15, -0.1) is 0 Å². The molecule has 1 aliphatic heterocycles. The van der Waals surface area contributed by atoms with Gasteiger partial charge in [0.05, 0.1) is 34.2 Å². The quantitative estimate of drug-likeness (QED) is 0.485. The van der Waals surface area contributed by atoms with Gasteiger partial charge in [0.25, 0.3) is 0 Å². The molecule has 0 saturated carbocycles. The van der Waals surface area contributed by atoms with Crippen molar-refractivity contribution in [2.75, 3.05) is 13.9 Å². The van der Waals surface area contributed by atoms with Crippen LogP contribution in [0.3, 0.4) is 0 Å². The zero-order valence-corrected chi connectivity index (χ0v) is 18.6. The lowest BCUT2D eigenvalue weighted by molar-refractivity contribution is -0.164. The molecule has 0 spiro atoms. The lowest BCUT2D eigenvalue weighted by Crippen LogP contribution is -2.32. The van der Waals surface area contributed by atoms with Gasteiger partial charge in [0.1, 0.15) is 0 Å². The number of methoxy groups -OCH3 is 1. The van der Waals surface area contributed by atoms with Crippen LogP contribution in [-0.2, 0) is 28.6 Å². The molecule has 0 aromatic heterocycles. The number of hydrogen-bond donors (Lipinski definition) is 1. The summed E-state index contributed by atoms with van der Waals surface area (Å²) in [5.41, 5.74) is 1.75. The van der Waals surface area contributed by atoms with Crippen molar-refractivity contribution in [2.45, 2.75) is 39.5 Å². The number of esters is 3. The van der Waals surface area contributed by atoms with Gasteiger partial charge in [0.15, 0.2) is 0 Å². The highest BCUT2D eigenvalue weighted by Crippen LogP contribution is 2.43. The van der Waals surface area contributed by atoms with E-state index >= 15 is 0 Å². The Kier molecular flexibility index (Phi) is 8.32. The first-order valence-electron chi connectivity index (χ1n) is 9.26. The Hall–Kier alpha value is -2.51. The van der Waals surface area contributed by atoms with Gasteiger partial charge in [0, 0.05) is 17.8 Å². The molecule has 162 valence electrons. The average molecular weight is 456 g/mol. The minimum absolute atomic E-state index is 0.136. The maximum atomic E-state index is 12.9. The summed E-state index contributed by atoms with van der Waals surface area (Å²) in [6.45, 7) is 4.65. The van der Waals surface area contributed by atoms with Crippen LogP contribution in [0.2, 0.25) is 10.0 Å². The number of nitrogens with one attached hydrogen (secondary N) is 1. The van der Waals surface area contributed by atoms with Gasteiger partial charge < -0.3 is 19.5 Å². The van der Waals surface area contributed by atoms with Crippen LogP contribution < -0.4 is 5.32 Å². The van der Waals surface area contributed by atoms with Gasteiger partial charge in [-0.1, -0.05) is 42.3 Å². The van der Waals surface area contributed by atoms with Crippen LogP contribution in [0.15, 0.2) is 40.7 Å². The number of halogens is 2. The van der Waals surface area contributed by atoms with E-state index in [4.69, 9.17) is 37.4 Å². The number of ether oxygens (including phenoxy) is 3. The molecule has 0 radical (unpaired) electrons. The number of dihydropyridines is 1. The molecule has 1 N–H and O–H groups in total. The first kappa shape index (κ1) is 23.8. The summed E-state index contributed by atoms with van der Waals surface area (Å²) in [5.74, 6) is -2.76. The number of benzene rings is 1. The molecular formula is C21H23Cl2NO6. The summed E-state index contributed by atoms with van der Waals surface area (Å²) in [7, 11) is 1.25. The van der Waals surface area contributed by atoms with Crippen LogP contribution in [0.4, 0.5) is 0 Å². The van der Waals surface area contributed by atoms with Crippen LogP contribution in [0.5, 0.6) is 0 Å². The molecule has 1 aliphatic rings. The number of rotatable bonds is 7. The second-order valence-corrected chi connectivity index (χ2v) is 7.37. The van der Waals surface area contributed by atoms with Crippen LogP contribution in [0.1, 0.15) is 45.1 Å². The molecule has 7 nitrogen and oxygen atoms in total. The van der Waals surface area contributed by atoms with Crippen molar-refractivity contribution in [3.63, 3.8) is 0 Å². The Balaban J connectivity index is 2.46. The third-order valence-electron chi connectivity index (χ3n) is 4.54. The van der Waals surface area contributed by atoms with Gasteiger partial charge >= 0.3 is 17.9 Å². The summed E-state index contributed by atoms with van der Waals surface area (Å²) < 4.78 is 15.0. The highest BCUT2D eigenvalue weighted by Gasteiger charge is 2.39. The molecule has 0 fully saturated rings. The second-order valence-electron chi connectivity index (χ2n) is 6.59. The summed E-state index contributed by atoms with van der Waals surface area (Å²) in [6, 6.07) is 4.94. The average Bonchev–Trinajstić information content (AvgIpc) is 2.69. The monoisotopic (exact) mass is 455 g/mol. The van der Waals surface area contributed by atoms with Gasteiger partial charge in [-0.3, -0.25) is 4.79 Å². The first-order chi connectivity index (χ1) is 14.2. The van der Waals surface area contributed by atoms with Gasteiger partial charge in [-0.05, 0) is 31.9 Å². The molecule has 1 aromatic rings. The van der Waals surface area contributed by atoms with Crippen LogP contribution in [-0.4, -0.2) is 31.8 Å². The third-order valence-corrected chi connectivity index (χ3v) is 5.38. The predicted molar refractivity (Wildman–Crippen MR) is 112 cm³/mol. The maximum Gasteiger partial charge on any atom is 0.339 e. The molecule has 1 aromatic carbocycles. The normalized spacial score (nSPS) is 16.1. The molecule has 0 amide bonds. The molecule has 30 heavy (non-hydrogen) atoms. The Morgan fingerprint density at radius 2 is 1.67 bits per heavy atom. The molecule has 1 atom stereocenters. The Morgan fingerprint density at radius 3 is 2.27 bits per heavy atom. The van der Waals surface area contributed by atoms with E-state index in [0.717, 1.165) is 0 Å². The summed E-state index contributed by atoms with van der Waals surface area (Å²) in [4.78, 5) is 37.0. The highest BCUT2D eigenvalue weighted by molar-refractivity contribution is 6.42. The molecule has 0 bridgehead atoms. The minimum Gasteiger partial charge on any atom is -0.466 e. The van der Waals surface area contributed by atoms with E-state index in [2.05, 4.69) is 5.32 Å². The minimum atomic E-state index is -0.885. The molecule has 1 heterocycles. The Morgan fingerprint density at radius 1 is 1.03 bits per heavy atom. The molecular weight excluding hydrogens is 433 g/mol. The van der Waals surface area contributed by atoms with Crippen molar-refractivity contribution in [2.24, 2.45) is 0 Å². The van der Waals surface area contributed by atoms with Crippen molar-refractivity contribution >= 4 is 41.1 Å². The Bertz CT molecular complexity index is 922. The SMILES string of the molecule is CCCC(=O)OCOC(=O)C1=C(C)NC(C)=C(C(=O)OC)[C@H]1c1cccc(Cl)c1Cl. The van der Waals surface area contributed by atoms with Crippen molar-refractivity contribution in [1.82, 2.24) is 5.32 Å². The fourth-order valence-corrected chi connectivity index (χ4v) is 3.62. The number of hydrogen-bond acceptors (Lipinski definition) is 7. The number of carbonyl (C=O) groups excluding carboxylic acids is 3. The number of carbonyl (C=O) groups is 3. The second kappa shape index (κ2) is 10.5. The molecule has 0 aliphatic carbocycles. The topological polar surface area (TPSA) is 90.9 Å². The van der Waals surface area contributed by atoms with Crippen molar-refractivity contribution in [3.05, 3.63) is 56.3 Å². The van der Waals surface area contributed by atoms with Crippen LogP contribution in [0.25, 0.3) is 0 Å². The zero-order chi connectivity index (χ0) is 22.4. The van der Waals surface area contributed by atoms with Gasteiger partial charge in [-0.25, -0.2) is 9.59 Å². The van der Waals surface area contributed by atoms with E-state index in [-0.39, 0.29) is 27.6 Å². The third kappa shape index (κ3) is 5.15. The number of allylic oxidation sites excluding steroid dienone is 2. The van der Waals surface area contributed by atoms with E-state index in [0.29, 0.717) is 23.4 Å². The summed E-state index contributed by atoms with van der Waals surface area (Å²) in [5, 5.41) is 3.48. The highest BCUT2D eigenvalue weighted by atomic mass is 35.5. The van der Waals surface area contributed by atoms with Crippen molar-refractivity contribution in [1.29, 1.82) is 0 Å². The largest absolute Gasteiger partial charge is 0.466 e. The van der Waals surface area contributed by atoms with Crippen molar-refractivity contribution < 1.29 is 28.6 Å². The summed E-state index contributed by atoms with van der Waals surface area (Å²) in [6.07, 6.45) is 0.832. The predicted octanol–water partition coefficient (Wildman–Crippen LogP) is 4.25. The Labute approximate surface area is 185 Å². The molecule has 0 saturated heterocycles. The molecule has 2 rings (SSSR count). The van der Waals surface area contributed by atoms with Gasteiger partial charge in [-0.2, -0.15) is 0 Å². The van der Waals surface area contributed by atoms with E-state index in [1.165, 1.54) is 7.11 Å². The lowest BCUT2D eigenvalue weighted by Gasteiger charge is -2.30. The molecule has 0 unspecified atom stereocenters.